The van der Waals surface area contributed by atoms with Crippen molar-refractivity contribution in [1.82, 2.24) is 30.6 Å². The number of hydroxylamine groups is 4. The maximum Gasteiger partial charge on any atom is 0.345 e. The summed E-state index contributed by atoms with van der Waals surface area (Å²) >= 11 is 0. The maximum atomic E-state index is 12.8. The molecule has 0 unspecified atom stereocenters. The van der Waals surface area contributed by atoms with Crippen molar-refractivity contribution in [2.45, 2.75) is 133 Å². The third-order valence-electron chi connectivity index (χ3n) is 10.4. The van der Waals surface area contributed by atoms with Gasteiger partial charge in [0.05, 0.1) is 12.1 Å². The number of fused-ring (bicyclic) bond motifs is 4. The number of piperidine rings is 2. The van der Waals surface area contributed by atoms with E-state index >= 15 is 0 Å². The Morgan fingerprint density at radius 2 is 1.20 bits per heavy atom. The minimum Gasteiger partial charge on any atom is -0.412 e. The summed E-state index contributed by atoms with van der Waals surface area (Å²) in [7, 11) is 0. The van der Waals surface area contributed by atoms with Crippen LogP contribution in [0.1, 0.15) is 95.5 Å². The molecule has 4 bridgehead atoms. The molecule has 13 nitrogen and oxygen atoms in total. The van der Waals surface area contributed by atoms with E-state index in [4.69, 9.17) is 4.84 Å². The molecule has 6 fully saturated rings. The Balaban J connectivity index is 0.000000186. The molecule has 4 aliphatic heterocycles. The minimum atomic E-state index is -0.425. The second-order valence-corrected chi connectivity index (χ2v) is 13.5. The van der Waals surface area contributed by atoms with Gasteiger partial charge in [-0.15, -0.1) is 0 Å². The number of urea groups is 2. The van der Waals surface area contributed by atoms with E-state index in [0.717, 1.165) is 42.7 Å². The molecule has 0 radical (unpaired) electrons. The van der Waals surface area contributed by atoms with Crippen LogP contribution in [0.3, 0.4) is 0 Å². The SMILES string of the molecule is O.O=C(NC1CCCCC1)[C@@H]1CC[C@@H]2CN1C(=O)N2O.O=C(NC1CCCCC1)[C@@H]1CC[C@@H]2CN1C(=O)N2OCc1ccccc1. The van der Waals surface area contributed by atoms with Crippen molar-refractivity contribution in [3.05, 3.63) is 35.9 Å². The van der Waals surface area contributed by atoms with Crippen LogP contribution in [0.15, 0.2) is 30.3 Å². The highest BCUT2D eigenvalue weighted by Gasteiger charge is 2.48. The van der Waals surface area contributed by atoms with Crippen molar-refractivity contribution in [2.24, 2.45) is 0 Å². The summed E-state index contributed by atoms with van der Waals surface area (Å²) in [6.45, 7) is 1.42. The molecule has 4 atom stereocenters. The van der Waals surface area contributed by atoms with Crippen molar-refractivity contribution in [1.29, 1.82) is 0 Å². The van der Waals surface area contributed by atoms with Crippen LogP contribution in [0.5, 0.6) is 0 Å². The van der Waals surface area contributed by atoms with Gasteiger partial charge in [-0.25, -0.2) is 14.7 Å². The van der Waals surface area contributed by atoms with Gasteiger partial charge in [0.15, 0.2) is 0 Å². The van der Waals surface area contributed by atoms with Gasteiger partial charge in [-0.2, -0.15) is 5.06 Å². The Bertz CT molecular complexity index is 1210. The molecule has 254 valence electrons. The lowest BCUT2D eigenvalue weighted by molar-refractivity contribution is -0.140. The molecule has 1 aromatic carbocycles. The van der Waals surface area contributed by atoms with Crippen LogP contribution < -0.4 is 10.6 Å². The van der Waals surface area contributed by atoms with Gasteiger partial charge in [-0.1, -0.05) is 68.9 Å². The summed E-state index contributed by atoms with van der Waals surface area (Å²) in [5.74, 6) is -0.0393. The second-order valence-electron chi connectivity index (χ2n) is 13.5. The summed E-state index contributed by atoms with van der Waals surface area (Å²) < 4.78 is 0. The third kappa shape index (κ3) is 7.58. The molecule has 7 rings (SSSR count). The molecule has 2 saturated carbocycles. The molecule has 6 amide bonds. The van der Waals surface area contributed by atoms with Crippen LogP contribution in [0, 0.1) is 0 Å². The summed E-state index contributed by atoms with van der Waals surface area (Å²) in [6, 6.07) is 8.93. The van der Waals surface area contributed by atoms with E-state index in [0.29, 0.717) is 39.0 Å². The largest absolute Gasteiger partial charge is 0.412 e. The number of benzene rings is 1. The molecule has 2 aliphatic carbocycles. The quantitative estimate of drug-likeness (QED) is 0.387. The third-order valence-corrected chi connectivity index (χ3v) is 10.4. The minimum absolute atomic E-state index is 0. The van der Waals surface area contributed by atoms with E-state index in [9.17, 15) is 24.4 Å². The lowest BCUT2D eigenvalue weighted by atomic mass is 9.94. The molecular weight excluding hydrogens is 592 g/mol. The van der Waals surface area contributed by atoms with Gasteiger partial charge in [0.2, 0.25) is 11.8 Å². The van der Waals surface area contributed by atoms with E-state index in [1.807, 2.05) is 30.3 Å². The Kier molecular flexibility index (Phi) is 11.4. The van der Waals surface area contributed by atoms with Crippen LogP contribution in [-0.2, 0) is 21.0 Å². The van der Waals surface area contributed by atoms with Crippen molar-refractivity contribution < 1.29 is 34.7 Å². The van der Waals surface area contributed by atoms with Crippen LogP contribution in [0.4, 0.5) is 9.59 Å². The average molecular weight is 643 g/mol. The van der Waals surface area contributed by atoms with Crippen molar-refractivity contribution in [3.8, 4) is 0 Å². The highest BCUT2D eigenvalue weighted by atomic mass is 16.7. The lowest BCUT2D eigenvalue weighted by Gasteiger charge is -2.31. The molecule has 13 heteroatoms. The molecular formula is C33H50N6O7. The first-order valence-electron chi connectivity index (χ1n) is 17.0. The van der Waals surface area contributed by atoms with Gasteiger partial charge in [0.25, 0.3) is 0 Å². The predicted octanol–water partition coefficient (Wildman–Crippen LogP) is 3.10. The molecule has 1 aromatic rings. The van der Waals surface area contributed by atoms with Gasteiger partial charge in [0.1, 0.15) is 18.7 Å². The maximum absolute atomic E-state index is 12.8. The van der Waals surface area contributed by atoms with Gasteiger partial charge >= 0.3 is 12.1 Å². The standard InChI is InChI=1S/C20H27N3O3.C13H21N3O3.H2O/c24-19(21-16-9-5-2-6-10-16)18-12-11-17-13-22(18)20(25)23(17)26-14-15-7-3-1-4-8-15;17-12(14-9-4-2-1-3-5-9)11-7-6-10-8-15(11)13(18)16(10)19;/h1,3-4,7-8,16-18H,2,5-6,9-14H2,(H,21,24);9-11,19H,1-8H2,(H,14,17);1H2/t17-,18+;10-,11+;/m11./s1. The molecule has 6 aliphatic rings. The van der Waals surface area contributed by atoms with Crippen molar-refractivity contribution >= 4 is 23.9 Å². The van der Waals surface area contributed by atoms with Crippen LogP contribution in [0.25, 0.3) is 0 Å². The second kappa shape index (κ2) is 15.4. The normalized spacial score (nSPS) is 27.9. The lowest BCUT2D eigenvalue weighted by Crippen LogP contribution is -2.52. The number of rotatable bonds is 7. The fraction of sp³-hybridized carbons (Fsp3) is 0.697. The van der Waals surface area contributed by atoms with E-state index in [1.165, 1.54) is 48.5 Å². The molecule has 4 saturated heterocycles. The average Bonchev–Trinajstić information content (AvgIpc) is 3.44. The zero-order valence-corrected chi connectivity index (χ0v) is 26.6. The summed E-state index contributed by atoms with van der Waals surface area (Å²) in [4.78, 5) is 58.6. The Labute approximate surface area is 270 Å². The molecule has 46 heavy (non-hydrogen) atoms. The van der Waals surface area contributed by atoms with Gasteiger partial charge in [-0.05, 0) is 56.9 Å². The Morgan fingerprint density at radius 1 is 0.696 bits per heavy atom. The van der Waals surface area contributed by atoms with E-state index in [2.05, 4.69) is 10.6 Å². The highest BCUT2D eigenvalue weighted by Crippen LogP contribution is 2.31. The molecule has 4 heterocycles. The number of carbonyl (C=O) groups excluding carboxylic acids is 4. The summed E-state index contributed by atoms with van der Waals surface area (Å²) in [5, 5.41) is 18.1. The monoisotopic (exact) mass is 642 g/mol. The van der Waals surface area contributed by atoms with Crippen LogP contribution in [0.2, 0.25) is 0 Å². The molecule has 0 aromatic heterocycles. The number of hydrogen-bond donors (Lipinski definition) is 3. The number of amides is 6. The highest BCUT2D eigenvalue weighted by molar-refractivity contribution is 5.89. The smallest absolute Gasteiger partial charge is 0.345 e. The first kappa shape index (κ1) is 33.9. The topological polar surface area (TPSA) is 166 Å². The van der Waals surface area contributed by atoms with Gasteiger partial charge in [-0.3, -0.25) is 19.6 Å². The molecule has 0 spiro atoms. The predicted molar refractivity (Wildman–Crippen MR) is 168 cm³/mol. The first-order valence-corrected chi connectivity index (χ1v) is 17.0. The number of hydrogen-bond acceptors (Lipinski definition) is 6. The fourth-order valence-electron chi connectivity index (χ4n) is 7.80. The zero-order chi connectivity index (χ0) is 31.3. The van der Waals surface area contributed by atoms with Gasteiger partial charge in [0, 0.05) is 25.2 Å². The molecule has 5 N–H and O–H groups in total. The first-order chi connectivity index (χ1) is 21.9. The van der Waals surface area contributed by atoms with E-state index < -0.39 is 12.1 Å². The van der Waals surface area contributed by atoms with E-state index in [1.54, 1.807) is 4.90 Å². The van der Waals surface area contributed by atoms with Gasteiger partial charge < -0.3 is 25.9 Å². The summed E-state index contributed by atoms with van der Waals surface area (Å²) in [5.41, 5.74) is 1.03. The Hall–Kier alpha value is -3.42. The number of carbonyl (C=O) groups is 4. The Morgan fingerprint density at radius 3 is 1.76 bits per heavy atom. The fourth-order valence-corrected chi connectivity index (χ4v) is 7.80. The van der Waals surface area contributed by atoms with E-state index in [-0.39, 0.29) is 53.5 Å². The number of nitrogens with zero attached hydrogens (tertiary/aromatic N) is 4. The van der Waals surface area contributed by atoms with Crippen LogP contribution in [-0.4, -0.2) is 104 Å². The zero-order valence-electron chi connectivity index (χ0n) is 26.6. The van der Waals surface area contributed by atoms with Crippen molar-refractivity contribution in [2.75, 3.05) is 13.1 Å². The summed E-state index contributed by atoms with van der Waals surface area (Å²) in [6.07, 6.45) is 14.3. The van der Waals surface area contributed by atoms with Crippen molar-refractivity contribution in [3.63, 3.8) is 0 Å². The number of nitrogens with one attached hydrogen (secondary N) is 2. The van der Waals surface area contributed by atoms with Crippen LogP contribution >= 0.6 is 0 Å².